The molecule has 1 aliphatic carbocycles. The van der Waals surface area contributed by atoms with E-state index in [2.05, 4.69) is 9.24 Å². The van der Waals surface area contributed by atoms with Crippen LogP contribution in [-0.4, -0.2) is 5.11 Å². The Labute approximate surface area is 75.0 Å². The highest BCUT2D eigenvalue weighted by Gasteiger charge is 2.30. The van der Waals surface area contributed by atoms with E-state index < -0.39 is 0 Å². The van der Waals surface area contributed by atoms with Crippen molar-refractivity contribution in [2.75, 3.05) is 0 Å². The number of hydrogen-bond donors (Lipinski definition) is 1. The predicted molar refractivity (Wildman–Crippen MR) is 53.5 cm³/mol. The van der Waals surface area contributed by atoms with Gasteiger partial charge in [0, 0.05) is 0 Å². The first-order valence-electron chi connectivity index (χ1n) is 4.31. The van der Waals surface area contributed by atoms with Gasteiger partial charge >= 0.3 is 0 Å². The van der Waals surface area contributed by atoms with Crippen LogP contribution in [0.25, 0.3) is 0 Å². The van der Waals surface area contributed by atoms with Crippen LogP contribution in [0.1, 0.15) is 24.5 Å². The van der Waals surface area contributed by atoms with Gasteiger partial charge in [-0.2, -0.15) is 0 Å². The van der Waals surface area contributed by atoms with Crippen molar-refractivity contribution in [2.45, 2.75) is 18.9 Å². The normalized spacial score (nSPS) is 19.2. The van der Waals surface area contributed by atoms with Crippen molar-refractivity contribution in [3.05, 3.63) is 29.8 Å². The molecule has 0 radical (unpaired) electrons. The lowest BCUT2D eigenvalue weighted by Gasteiger charge is -2.08. The van der Waals surface area contributed by atoms with E-state index in [0.29, 0.717) is 5.92 Å². The molecule has 0 aromatic heterocycles. The van der Waals surface area contributed by atoms with E-state index in [4.69, 9.17) is 0 Å². The molecule has 1 nitrogen and oxygen atoms in total. The maximum Gasteiger partial charge on any atom is 0.0818 e. The minimum atomic E-state index is -0.226. The Kier molecular flexibility index (Phi) is 2.16. The summed E-state index contributed by atoms with van der Waals surface area (Å²) >= 11 is 0. The third kappa shape index (κ3) is 1.68. The van der Waals surface area contributed by atoms with E-state index >= 15 is 0 Å². The molecule has 0 aliphatic heterocycles. The monoisotopic (exact) mass is 180 g/mol. The van der Waals surface area contributed by atoms with Gasteiger partial charge in [-0.1, -0.05) is 24.3 Å². The average molecular weight is 180 g/mol. The molecule has 1 saturated carbocycles. The van der Waals surface area contributed by atoms with E-state index in [1.807, 2.05) is 24.3 Å². The molecular weight excluding hydrogens is 167 g/mol. The van der Waals surface area contributed by atoms with E-state index in [1.165, 1.54) is 18.1 Å². The van der Waals surface area contributed by atoms with Gasteiger partial charge in [0.25, 0.3) is 0 Å². The average Bonchev–Trinajstić information content (AvgIpc) is 2.87. The van der Waals surface area contributed by atoms with E-state index in [-0.39, 0.29) is 6.10 Å². The van der Waals surface area contributed by atoms with Gasteiger partial charge < -0.3 is 5.11 Å². The van der Waals surface area contributed by atoms with Gasteiger partial charge in [-0.25, -0.2) is 0 Å². The molecule has 2 rings (SSSR count). The maximum atomic E-state index is 9.74. The molecule has 64 valence electrons. The zero-order valence-corrected chi connectivity index (χ0v) is 8.06. The highest BCUT2D eigenvalue weighted by molar-refractivity contribution is 7.27. The Morgan fingerprint density at radius 1 is 1.25 bits per heavy atom. The van der Waals surface area contributed by atoms with E-state index in [1.54, 1.807) is 0 Å². The van der Waals surface area contributed by atoms with Crippen LogP contribution in [0, 0.1) is 5.92 Å². The SMILES string of the molecule is OC(c1ccc(P)cc1)C1CC1. The fourth-order valence-corrected chi connectivity index (χ4v) is 1.57. The molecule has 0 bridgehead atoms. The van der Waals surface area contributed by atoms with Crippen LogP contribution < -0.4 is 5.30 Å². The van der Waals surface area contributed by atoms with Crippen LogP contribution in [0.3, 0.4) is 0 Å². The summed E-state index contributed by atoms with van der Waals surface area (Å²) in [5, 5.41) is 10.9. The second kappa shape index (κ2) is 3.16. The summed E-state index contributed by atoms with van der Waals surface area (Å²) in [6.45, 7) is 0. The minimum absolute atomic E-state index is 0.226. The van der Waals surface area contributed by atoms with Crippen molar-refractivity contribution in [3.63, 3.8) is 0 Å². The Morgan fingerprint density at radius 2 is 1.83 bits per heavy atom. The van der Waals surface area contributed by atoms with Crippen LogP contribution in [0.5, 0.6) is 0 Å². The van der Waals surface area contributed by atoms with Gasteiger partial charge in [-0.3, -0.25) is 0 Å². The van der Waals surface area contributed by atoms with Gasteiger partial charge in [-0.15, -0.1) is 9.24 Å². The van der Waals surface area contributed by atoms with Gasteiger partial charge in [0.2, 0.25) is 0 Å². The Hall–Kier alpha value is -0.390. The van der Waals surface area contributed by atoms with Crippen molar-refractivity contribution in [1.29, 1.82) is 0 Å². The van der Waals surface area contributed by atoms with Gasteiger partial charge in [0.1, 0.15) is 0 Å². The first-order chi connectivity index (χ1) is 5.77. The second-order valence-electron chi connectivity index (χ2n) is 3.45. The fraction of sp³-hybridized carbons (Fsp3) is 0.400. The number of benzene rings is 1. The Morgan fingerprint density at radius 3 is 2.33 bits per heavy atom. The van der Waals surface area contributed by atoms with Crippen LogP contribution in [-0.2, 0) is 0 Å². The first kappa shape index (κ1) is 8.22. The lowest BCUT2D eigenvalue weighted by molar-refractivity contribution is 0.154. The van der Waals surface area contributed by atoms with Crippen LogP contribution in [0.15, 0.2) is 24.3 Å². The molecule has 12 heavy (non-hydrogen) atoms. The number of rotatable bonds is 2. The summed E-state index contributed by atoms with van der Waals surface area (Å²) in [6.07, 6.45) is 2.14. The zero-order chi connectivity index (χ0) is 8.55. The smallest absolute Gasteiger partial charge is 0.0818 e. The van der Waals surface area contributed by atoms with Gasteiger partial charge in [0.15, 0.2) is 0 Å². The van der Waals surface area contributed by atoms with Crippen molar-refractivity contribution >= 4 is 14.5 Å². The molecule has 0 heterocycles. The van der Waals surface area contributed by atoms with E-state index in [9.17, 15) is 5.11 Å². The molecular formula is C10H13OP. The standard InChI is InChI=1S/C10H13OP/c11-10(7-1-2-7)8-3-5-9(12)6-4-8/h3-7,10-11H,1-2,12H2. The lowest BCUT2D eigenvalue weighted by Crippen LogP contribution is -2.00. The molecule has 2 heteroatoms. The van der Waals surface area contributed by atoms with Crippen molar-refractivity contribution in [3.8, 4) is 0 Å². The second-order valence-corrected chi connectivity index (χ2v) is 4.12. The zero-order valence-electron chi connectivity index (χ0n) is 6.90. The molecule has 0 saturated heterocycles. The molecule has 0 spiro atoms. The summed E-state index contributed by atoms with van der Waals surface area (Å²) in [6, 6.07) is 8.05. The lowest BCUT2D eigenvalue weighted by atomic mass is 10.1. The van der Waals surface area contributed by atoms with Crippen molar-refractivity contribution in [1.82, 2.24) is 0 Å². The minimum Gasteiger partial charge on any atom is -0.388 e. The Bertz CT molecular complexity index is 264. The fourth-order valence-electron chi connectivity index (χ4n) is 1.38. The summed E-state index contributed by atoms with van der Waals surface area (Å²) in [4.78, 5) is 0. The highest BCUT2D eigenvalue weighted by atomic mass is 31.0. The molecule has 1 aromatic carbocycles. The number of hydrogen-bond acceptors (Lipinski definition) is 1. The highest BCUT2D eigenvalue weighted by Crippen LogP contribution is 2.40. The summed E-state index contributed by atoms with van der Waals surface area (Å²) in [7, 11) is 2.64. The third-order valence-electron chi connectivity index (χ3n) is 2.35. The van der Waals surface area contributed by atoms with Gasteiger partial charge in [0.05, 0.1) is 6.10 Å². The third-order valence-corrected chi connectivity index (χ3v) is 2.73. The van der Waals surface area contributed by atoms with Crippen molar-refractivity contribution < 1.29 is 5.11 Å². The largest absolute Gasteiger partial charge is 0.388 e. The number of aliphatic hydroxyl groups excluding tert-OH is 1. The molecule has 1 fully saturated rings. The maximum absolute atomic E-state index is 9.74. The van der Waals surface area contributed by atoms with Crippen molar-refractivity contribution in [2.24, 2.45) is 5.92 Å². The first-order valence-corrected chi connectivity index (χ1v) is 4.88. The van der Waals surface area contributed by atoms with Crippen LogP contribution in [0.2, 0.25) is 0 Å². The summed E-state index contributed by atoms with van der Waals surface area (Å²) in [5.41, 5.74) is 1.06. The molecule has 1 aliphatic rings. The molecule has 2 atom stereocenters. The number of aliphatic hydroxyl groups is 1. The molecule has 1 N–H and O–H groups in total. The van der Waals surface area contributed by atoms with Crippen LogP contribution >= 0.6 is 9.24 Å². The molecule has 1 aromatic rings. The predicted octanol–water partition coefficient (Wildman–Crippen LogP) is 1.63. The van der Waals surface area contributed by atoms with Gasteiger partial charge in [-0.05, 0) is 29.6 Å². The van der Waals surface area contributed by atoms with Crippen LogP contribution in [0.4, 0.5) is 0 Å². The quantitative estimate of drug-likeness (QED) is 0.686. The topological polar surface area (TPSA) is 20.2 Å². The Balaban J connectivity index is 2.16. The molecule has 0 amide bonds. The van der Waals surface area contributed by atoms with E-state index in [0.717, 1.165) is 5.56 Å². The summed E-state index contributed by atoms with van der Waals surface area (Å²) in [5.74, 6) is 0.528. The summed E-state index contributed by atoms with van der Waals surface area (Å²) < 4.78 is 0. The molecule has 2 unspecified atom stereocenters.